The molecule has 0 saturated carbocycles. The summed E-state index contributed by atoms with van der Waals surface area (Å²) in [6.45, 7) is 43.9. The smallest absolute Gasteiger partial charge is 0.116 e. The van der Waals surface area contributed by atoms with Gasteiger partial charge in [0.05, 0.1) is 11.4 Å². The summed E-state index contributed by atoms with van der Waals surface area (Å²) in [6.07, 6.45) is 11.1. The molecule has 0 unspecified atom stereocenters. The fraction of sp³-hybridized carbons (Fsp3) is 0.325. The van der Waals surface area contributed by atoms with Gasteiger partial charge in [0.15, 0.2) is 0 Å². The minimum Gasteiger partial charge on any atom is -1.00 e. The topological polar surface area (TPSA) is 70.8 Å². The average Bonchev–Trinajstić information content (AvgIpc) is 1.59. The molecule has 2 aliphatic carbocycles. The zero-order valence-corrected chi connectivity index (χ0v) is 64.3. The number of fused-ring (bicyclic) bond motifs is 4. The van der Waals surface area contributed by atoms with E-state index in [-0.39, 0.29) is 98.0 Å². The fourth-order valence-corrected chi connectivity index (χ4v) is 19.5. The molecular weight excluding hydrogens is 1290 g/mol. The van der Waals surface area contributed by atoms with Gasteiger partial charge in [0.25, 0.3) is 0 Å². The van der Waals surface area contributed by atoms with Crippen LogP contribution in [0.5, 0.6) is 11.5 Å². The third kappa shape index (κ3) is 15.1. The van der Waals surface area contributed by atoms with Crippen LogP contribution in [-0.4, -0.2) is 27.6 Å². The van der Waals surface area contributed by atoms with Crippen LogP contribution in [0.2, 0.25) is 26.2 Å². The van der Waals surface area contributed by atoms with Crippen LogP contribution < -0.4 is 22.6 Å². The first-order valence-corrected chi connectivity index (χ1v) is 37.2. The van der Waals surface area contributed by atoms with Crippen LogP contribution in [0, 0.1) is 13.8 Å². The first-order valence-electron chi connectivity index (χ1n) is 31.2. The van der Waals surface area contributed by atoms with Gasteiger partial charge in [-0.2, -0.15) is 12.1 Å². The number of aryl methyl sites for hydroxylation is 2. The second-order valence-corrected chi connectivity index (χ2v) is 37.9. The molecule has 8 aromatic carbocycles. The van der Waals surface area contributed by atoms with Crippen molar-refractivity contribution in [1.29, 1.82) is 0 Å². The molecule has 8 aromatic rings. The molecule has 0 fully saturated rings. The molecule has 14 rings (SSSR count). The third-order valence-electron chi connectivity index (χ3n) is 17.8. The number of nitrogens with zero attached hydrogens (tertiary/aromatic N) is 2. The largest absolute Gasteiger partial charge is 1.00 e. The first-order chi connectivity index (χ1) is 40.2. The molecule has 0 radical (unpaired) electrons. The van der Waals surface area contributed by atoms with Crippen molar-refractivity contribution in [2.24, 2.45) is 9.98 Å². The summed E-state index contributed by atoms with van der Waals surface area (Å²) in [7, 11) is -2.39. The molecule has 9 heteroatoms. The molecule has 0 bridgehead atoms. The molecule has 0 spiro atoms. The molecule has 0 N–H and O–H groups in total. The van der Waals surface area contributed by atoms with Crippen LogP contribution in [0.25, 0.3) is 43.4 Å². The van der Waals surface area contributed by atoms with Gasteiger partial charge in [-0.05, 0) is 89.5 Å². The summed E-state index contributed by atoms with van der Waals surface area (Å²) in [4.78, 5) is 9.35. The van der Waals surface area contributed by atoms with Crippen molar-refractivity contribution in [3.8, 4) is 22.6 Å². The number of allylic oxidation sites excluding steroid dienone is 8. The second-order valence-electron chi connectivity index (χ2n) is 29.3. The van der Waals surface area contributed by atoms with Crippen molar-refractivity contribution in [2.75, 3.05) is 0 Å². The molecule has 4 nitrogen and oxygen atoms in total. The molecular formula is C80H92ClN2O2Si2Zr2-5. The minimum absolute atomic E-state index is 0. The van der Waals surface area contributed by atoms with Gasteiger partial charge >= 0.3 is 0 Å². The quantitative estimate of drug-likeness (QED) is 0.131. The number of rotatable bonds is 3. The van der Waals surface area contributed by atoms with Crippen LogP contribution in [-0.2, 0) is 74.1 Å². The summed E-state index contributed by atoms with van der Waals surface area (Å²) in [5, 5.41) is 38.1. The number of benzene rings is 6. The summed E-state index contributed by atoms with van der Waals surface area (Å²) in [6, 6.07) is 50.4. The third-order valence-corrected chi connectivity index (χ3v) is 24.9. The van der Waals surface area contributed by atoms with Crippen molar-refractivity contribution < 1.29 is 75.0 Å². The molecule has 4 heterocycles. The molecule has 0 atom stereocenters. The van der Waals surface area contributed by atoms with E-state index in [0.717, 1.165) is 24.0 Å². The monoisotopic (exact) mass is 1380 g/mol. The minimum atomic E-state index is -1.19. The molecule has 89 heavy (non-hydrogen) atoms. The summed E-state index contributed by atoms with van der Waals surface area (Å²) in [5.41, 5.74) is 17.9. The van der Waals surface area contributed by atoms with E-state index in [2.05, 4.69) is 293 Å². The molecule has 0 aromatic heterocycles. The van der Waals surface area contributed by atoms with Crippen molar-refractivity contribution in [2.45, 2.75) is 171 Å². The Bertz CT molecular complexity index is 4040. The van der Waals surface area contributed by atoms with Gasteiger partial charge < -0.3 is 22.6 Å². The summed E-state index contributed by atoms with van der Waals surface area (Å²) >= 11 is 0. The van der Waals surface area contributed by atoms with Crippen LogP contribution >= 0.6 is 0 Å². The maximum Gasteiger partial charge on any atom is 0.116 e. The van der Waals surface area contributed by atoms with Crippen LogP contribution in [0.15, 0.2) is 223 Å². The van der Waals surface area contributed by atoms with E-state index in [0.29, 0.717) is 0 Å². The number of aliphatic imine (C=N–C) groups is 2. The Kier molecular flexibility index (Phi) is 22.8. The Balaban J connectivity index is 0.000000169. The van der Waals surface area contributed by atoms with Gasteiger partial charge in [-0.3, -0.25) is 9.98 Å². The van der Waals surface area contributed by atoms with Crippen LogP contribution in [0.1, 0.15) is 143 Å². The van der Waals surface area contributed by atoms with Gasteiger partial charge in [0.1, 0.15) is 16.1 Å². The van der Waals surface area contributed by atoms with Gasteiger partial charge in [-0.25, -0.2) is 0 Å². The van der Waals surface area contributed by atoms with Crippen LogP contribution in [0.4, 0.5) is 0 Å². The predicted molar refractivity (Wildman–Crippen MR) is 375 cm³/mol. The number of hydrogen-bond donors (Lipinski definition) is 0. The van der Waals surface area contributed by atoms with Crippen molar-refractivity contribution in [3.63, 3.8) is 0 Å². The Labute approximate surface area is 580 Å². The van der Waals surface area contributed by atoms with Crippen molar-refractivity contribution >= 4 is 59.9 Å². The van der Waals surface area contributed by atoms with Gasteiger partial charge in [0.2, 0.25) is 0 Å². The number of hydrogen-bond acceptors (Lipinski definition) is 4. The Morgan fingerprint density at radius 3 is 1.30 bits per heavy atom. The average molecular weight is 1390 g/mol. The maximum absolute atomic E-state index is 11.7. The van der Waals surface area contributed by atoms with E-state index in [9.17, 15) is 10.2 Å². The normalized spacial score (nSPS) is 15.8. The van der Waals surface area contributed by atoms with E-state index in [4.69, 9.17) is 0 Å². The van der Waals surface area contributed by atoms with E-state index in [1.54, 1.807) is 32.9 Å². The second kappa shape index (κ2) is 27.9. The predicted octanol–water partition coefficient (Wildman–Crippen LogP) is 17.8. The van der Waals surface area contributed by atoms with Crippen LogP contribution in [0.3, 0.4) is 0 Å². The molecule has 4 aliphatic heterocycles. The first kappa shape index (κ1) is 72.7. The number of halogens is 1. The van der Waals surface area contributed by atoms with Gasteiger partial charge in [-0.15, -0.1) is 74.5 Å². The molecule has 462 valence electrons. The standard InChI is InChI=1S/C16H13.2C14H22O.C14H11.2C11H13NSi.ClH.2Zr/c1-12-10-14-8-5-9-15(16(14)11-12)13-6-3-2-4-7-13;2*1-13(2,3)10-7-8-12(15)11(9-10)14(4,5)6;1-10-8-12-7-6-11-4-2-3-5-13(11)14(12)9-10;2*1-4-7-11-10-8(12-7)5-6-9(10)13(11,2)3;;;/h2-11H,1H3;2*7-9,15H,1-6H3;2-9H,1H3;2*5-6H,4H2,1-3H3;1H;;/q-1;;;-1;;;;;/p-3. The van der Waals surface area contributed by atoms with E-state index >= 15 is 0 Å². The summed E-state index contributed by atoms with van der Waals surface area (Å²) < 4.78 is 0. The van der Waals surface area contributed by atoms with Gasteiger partial charge in [-0.1, -0.05) is 274 Å². The summed E-state index contributed by atoms with van der Waals surface area (Å²) in [5.74, 6) is 0.297. The molecule has 0 amide bonds. The maximum atomic E-state index is 11.7. The van der Waals surface area contributed by atoms with E-state index < -0.39 is 16.1 Å². The Morgan fingerprint density at radius 2 is 0.865 bits per heavy atom. The van der Waals surface area contributed by atoms with Crippen molar-refractivity contribution in [1.82, 2.24) is 0 Å². The van der Waals surface area contributed by atoms with E-state index in [1.165, 1.54) is 99.7 Å². The fourth-order valence-electron chi connectivity index (χ4n) is 12.9. The Hall–Kier alpha value is -5.33. The zero-order valence-electron chi connectivity index (χ0n) is 56.7. The van der Waals surface area contributed by atoms with Gasteiger partial charge in [0, 0.05) is 75.0 Å². The Morgan fingerprint density at radius 1 is 0.438 bits per heavy atom. The SMILES string of the molecule is CC(C)(C)c1ccc([O-])c(C(C)(C)C)c1.CC(C)(C)c1ccc([O-])c(C(C)(C)C)c1.CCC1=NC2=CC=C3C2=C1[Si]3(C)C.CCC1=NC2=CC=C3C2=C1[Si]3(C)C.Cc1cc2c(-c3ccccc3)cccc2[cH-]1.Cc1cc2c(ccc3ccccc32)[cH-]1.[Cl-].[Zr].[Zr]. The van der Waals surface area contributed by atoms with E-state index in [1.807, 2.05) is 12.1 Å². The molecule has 0 saturated heterocycles. The van der Waals surface area contributed by atoms with Crippen molar-refractivity contribution in [3.05, 3.63) is 247 Å². The zero-order chi connectivity index (χ0) is 62.6. The molecule has 6 aliphatic rings.